The van der Waals surface area contributed by atoms with Gasteiger partial charge < -0.3 is 10.2 Å². The van der Waals surface area contributed by atoms with Crippen LogP contribution in [0.3, 0.4) is 0 Å². The average molecular weight is 416 g/mol. The van der Waals surface area contributed by atoms with E-state index in [4.69, 9.17) is 0 Å². The Morgan fingerprint density at radius 1 is 1.00 bits per heavy atom. The fraction of sp³-hybridized carbons (Fsp3) is 0.333. The van der Waals surface area contributed by atoms with Crippen LogP contribution in [0.2, 0.25) is 0 Å². The molecule has 2 aromatic rings. The average Bonchev–Trinajstić information content (AvgIpc) is 3.22. The van der Waals surface area contributed by atoms with E-state index in [9.17, 15) is 18.0 Å². The van der Waals surface area contributed by atoms with E-state index >= 15 is 0 Å². The molecule has 0 spiro atoms. The number of nitrogens with zero attached hydrogens (tertiary/aromatic N) is 2. The number of sulfonamides is 1. The molecule has 0 aliphatic carbocycles. The zero-order chi connectivity index (χ0) is 21.0. The molecule has 1 heterocycles. The van der Waals surface area contributed by atoms with E-state index in [1.807, 2.05) is 0 Å². The molecule has 1 N–H and O–H groups in total. The highest BCUT2D eigenvalue weighted by atomic mass is 32.2. The third kappa shape index (κ3) is 4.76. The van der Waals surface area contributed by atoms with Crippen molar-refractivity contribution in [2.45, 2.75) is 25.8 Å². The minimum atomic E-state index is -3.70. The molecule has 1 fully saturated rings. The maximum atomic E-state index is 12.9. The van der Waals surface area contributed by atoms with Gasteiger partial charge in [0.2, 0.25) is 15.9 Å². The Morgan fingerprint density at radius 2 is 1.59 bits per heavy atom. The van der Waals surface area contributed by atoms with Crippen LogP contribution in [0.15, 0.2) is 54.6 Å². The normalized spacial score (nSPS) is 15.0. The third-order valence-electron chi connectivity index (χ3n) is 4.91. The zero-order valence-corrected chi connectivity index (χ0v) is 17.4. The van der Waals surface area contributed by atoms with Gasteiger partial charge >= 0.3 is 0 Å². The Labute approximate surface area is 171 Å². The summed E-state index contributed by atoms with van der Waals surface area (Å²) in [7, 11) is -3.70. The Hall–Kier alpha value is -2.87. The van der Waals surface area contributed by atoms with E-state index in [-0.39, 0.29) is 5.91 Å². The molecule has 29 heavy (non-hydrogen) atoms. The lowest BCUT2D eigenvalue weighted by Crippen LogP contribution is -2.45. The van der Waals surface area contributed by atoms with Gasteiger partial charge in [-0.1, -0.05) is 30.3 Å². The number of carbonyl (C=O) groups excluding carboxylic acids is 2. The van der Waals surface area contributed by atoms with Crippen LogP contribution in [-0.4, -0.2) is 50.5 Å². The van der Waals surface area contributed by atoms with Crippen molar-refractivity contribution in [1.82, 2.24) is 4.90 Å². The minimum absolute atomic E-state index is 0.130. The number of para-hydroxylation sites is 2. The Morgan fingerprint density at radius 3 is 2.21 bits per heavy atom. The monoisotopic (exact) mass is 415 g/mol. The second-order valence-electron chi connectivity index (χ2n) is 7.10. The van der Waals surface area contributed by atoms with Crippen LogP contribution in [0.4, 0.5) is 11.4 Å². The molecule has 3 rings (SSSR count). The van der Waals surface area contributed by atoms with Gasteiger partial charge in [-0.3, -0.25) is 13.9 Å². The van der Waals surface area contributed by atoms with Crippen LogP contribution < -0.4 is 9.62 Å². The second-order valence-corrected chi connectivity index (χ2v) is 8.96. The number of hydrogen-bond acceptors (Lipinski definition) is 4. The van der Waals surface area contributed by atoms with Gasteiger partial charge in [0.25, 0.3) is 5.91 Å². The van der Waals surface area contributed by atoms with Crippen LogP contribution in [-0.2, 0) is 14.8 Å². The Balaban J connectivity index is 1.85. The van der Waals surface area contributed by atoms with Crippen LogP contribution >= 0.6 is 0 Å². The molecule has 1 unspecified atom stereocenters. The van der Waals surface area contributed by atoms with Crippen molar-refractivity contribution in [2.75, 3.05) is 29.0 Å². The number of rotatable bonds is 6. The number of amides is 2. The van der Waals surface area contributed by atoms with Crippen LogP contribution in [0.1, 0.15) is 30.1 Å². The number of carbonyl (C=O) groups is 2. The second kappa shape index (κ2) is 8.65. The lowest BCUT2D eigenvalue weighted by Gasteiger charge is -2.28. The van der Waals surface area contributed by atoms with Crippen molar-refractivity contribution in [3.8, 4) is 0 Å². The van der Waals surface area contributed by atoms with Gasteiger partial charge in [0, 0.05) is 13.1 Å². The summed E-state index contributed by atoms with van der Waals surface area (Å²) < 4.78 is 25.8. The molecule has 1 saturated heterocycles. The number of hydrogen-bond donors (Lipinski definition) is 1. The van der Waals surface area contributed by atoms with Gasteiger partial charge in [-0.2, -0.15) is 0 Å². The summed E-state index contributed by atoms with van der Waals surface area (Å²) in [6.45, 7) is 2.93. The molecule has 2 amide bonds. The van der Waals surface area contributed by atoms with Crippen molar-refractivity contribution < 1.29 is 18.0 Å². The molecule has 154 valence electrons. The number of anilines is 2. The number of likely N-dealkylation sites (tertiary alicyclic amines) is 1. The molecule has 1 aliphatic rings. The molecule has 1 aliphatic heterocycles. The van der Waals surface area contributed by atoms with Crippen molar-refractivity contribution >= 4 is 33.2 Å². The fourth-order valence-electron chi connectivity index (χ4n) is 3.49. The van der Waals surface area contributed by atoms with Crippen LogP contribution in [0, 0.1) is 0 Å². The Bertz CT molecular complexity index is 986. The van der Waals surface area contributed by atoms with Gasteiger partial charge in [0.1, 0.15) is 6.04 Å². The summed E-state index contributed by atoms with van der Waals surface area (Å²) in [6.07, 6.45) is 3.00. The van der Waals surface area contributed by atoms with Crippen molar-refractivity contribution in [1.29, 1.82) is 0 Å². The summed E-state index contributed by atoms with van der Waals surface area (Å²) in [5.74, 6) is -0.643. The molecular formula is C21H25N3O4S. The highest BCUT2D eigenvalue weighted by Gasteiger charge is 2.30. The van der Waals surface area contributed by atoms with E-state index in [0.717, 1.165) is 23.4 Å². The highest BCUT2D eigenvalue weighted by molar-refractivity contribution is 7.92. The molecule has 1 atom stereocenters. The lowest BCUT2D eigenvalue weighted by atomic mass is 10.1. The minimum Gasteiger partial charge on any atom is -0.339 e. The van der Waals surface area contributed by atoms with Crippen LogP contribution in [0.5, 0.6) is 0 Å². The first kappa shape index (κ1) is 20.9. The van der Waals surface area contributed by atoms with Gasteiger partial charge in [-0.05, 0) is 44.0 Å². The standard InChI is InChI=1S/C21H25N3O4S/c1-16(24(29(2,27)28)17-10-4-3-5-11-17)20(25)22-19-13-7-6-12-18(19)21(26)23-14-8-9-15-23/h3-7,10-13,16H,8-9,14-15H2,1-2H3,(H,22,25). The highest BCUT2D eigenvalue weighted by Crippen LogP contribution is 2.23. The zero-order valence-electron chi connectivity index (χ0n) is 16.5. The first-order chi connectivity index (χ1) is 13.8. The third-order valence-corrected chi connectivity index (χ3v) is 6.15. The SMILES string of the molecule is CC(C(=O)Nc1ccccc1C(=O)N1CCCC1)N(c1ccccc1)S(C)(=O)=O. The summed E-state index contributed by atoms with van der Waals surface area (Å²) >= 11 is 0. The molecule has 8 heteroatoms. The van der Waals surface area contributed by atoms with E-state index < -0.39 is 22.0 Å². The largest absolute Gasteiger partial charge is 0.339 e. The lowest BCUT2D eigenvalue weighted by molar-refractivity contribution is -0.116. The van der Waals surface area contributed by atoms with Gasteiger partial charge in [0.15, 0.2) is 0 Å². The van der Waals surface area contributed by atoms with E-state index in [0.29, 0.717) is 30.0 Å². The fourth-order valence-corrected chi connectivity index (χ4v) is 4.66. The van der Waals surface area contributed by atoms with E-state index in [1.54, 1.807) is 59.5 Å². The predicted molar refractivity (Wildman–Crippen MR) is 113 cm³/mol. The molecular weight excluding hydrogens is 390 g/mol. The van der Waals surface area contributed by atoms with Crippen molar-refractivity contribution in [3.05, 3.63) is 60.2 Å². The number of nitrogens with one attached hydrogen (secondary N) is 1. The first-order valence-electron chi connectivity index (χ1n) is 9.52. The van der Waals surface area contributed by atoms with Crippen molar-refractivity contribution in [3.63, 3.8) is 0 Å². The number of benzene rings is 2. The summed E-state index contributed by atoms with van der Waals surface area (Å²) in [5.41, 5.74) is 1.18. The van der Waals surface area contributed by atoms with Gasteiger partial charge in [0.05, 0.1) is 23.2 Å². The molecule has 2 aromatic carbocycles. The van der Waals surface area contributed by atoms with Crippen LogP contribution in [0.25, 0.3) is 0 Å². The molecule has 7 nitrogen and oxygen atoms in total. The van der Waals surface area contributed by atoms with E-state index in [1.165, 1.54) is 6.92 Å². The molecule has 0 saturated carbocycles. The smallest absolute Gasteiger partial charge is 0.255 e. The maximum Gasteiger partial charge on any atom is 0.255 e. The summed E-state index contributed by atoms with van der Waals surface area (Å²) in [5, 5.41) is 2.74. The quantitative estimate of drug-likeness (QED) is 0.786. The summed E-state index contributed by atoms with van der Waals surface area (Å²) in [6, 6.07) is 14.3. The maximum absolute atomic E-state index is 12.9. The summed E-state index contributed by atoms with van der Waals surface area (Å²) in [4.78, 5) is 27.5. The van der Waals surface area contributed by atoms with Gasteiger partial charge in [-0.15, -0.1) is 0 Å². The van der Waals surface area contributed by atoms with E-state index in [2.05, 4.69) is 5.32 Å². The van der Waals surface area contributed by atoms with Gasteiger partial charge in [-0.25, -0.2) is 8.42 Å². The topological polar surface area (TPSA) is 86.8 Å². The molecule has 0 radical (unpaired) electrons. The first-order valence-corrected chi connectivity index (χ1v) is 11.4. The molecule has 0 aromatic heterocycles. The Kier molecular flexibility index (Phi) is 6.22. The molecule has 0 bridgehead atoms. The van der Waals surface area contributed by atoms with Crippen molar-refractivity contribution in [2.24, 2.45) is 0 Å². The predicted octanol–water partition coefficient (Wildman–Crippen LogP) is 2.72.